The van der Waals surface area contributed by atoms with Crippen molar-refractivity contribution in [1.82, 2.24) is 10.3 Å². The van der Waals surface area contributed by atoms with Crippen LogP contribution in [0.2, 0.25) is 0 Å². The lowest BCUT2D eigenvalue weighted by Gasteiger charge is -2.06. The van der Waals surface area contributed by atoms with E-state index >= 15 is 0 Å². The summed E-state index contributed by atoms with van der Waals surface area (Å²) in [5.41, 5.74) is 2.14. The third-order valence-electron chi connectivity index (χ3n) is 2.25. The van der Waals surface area contributed by atoms with Gasteiger partial charge in [0.15, 0.2) is 0 Å². The summed E-state index contributed by atoms with van der Waals surface area (Å²) in [4.78, 5) is 15.2. The number of carbonyl (C=O) groups excluding carboxylic acids is 1. The van der Waals surface area contributed by atoms with Gasteiger partial charge in [-0.3, -0.25) is 4.98 Å². The first-order valence-corrected chi connectivity index (χ1v) is 6.08. The molecule has 0 amide bonds. The molecule has 5 nitrogen and oxygen atoms in total. The van der Waals surface area contributed by atoms with Crippen LogP contribution in [0.4, 0.5) is 0 Å². The fourth-order valence-electron chi connectivity index (χ4n) is 1.34. The fourth-order valence-corrected chi connectivity index (χ4v) is 1.34. The second-order valence-electron chi connectivity index (χ2n) is 3.84. The number of esters is 1. The number of pyridine rings is 1. The second-order valence-corrected chi connectivity index (χ2v) is 3.84. The largest absolute Gasteiger partial charge is 0.464 e. The van der Waals surface area contributed by atoms with E-state index in [1.165, 1.54) is 0 Å². The third kappa shape index (κ3) is 6.32. The standard InChI is InChI=1S/C13H20N2O3/c1-3-18-13(16)10-17-7-6-14-8-12-5-4-11(2)15-9-12/h4-5,9,14H,3,6-8,10H2,1-2H3. The van der Waals surface area contributed by atoms with Crippen molar-refractivity contribution in [1.29, 1.82) is 0 Å². The van der Waals surface area contributed by atoms with Crippen molar-refractivity contribution in [2.24, 2.45) is 0 Å². The Balaban J connectivity index is 2.02. The molecule has 5 heteroatoms. The van der Waals surface area contributed by atoms with Crippen LogP contribution in [-0.2, 0) is 20.8 Å². The van der Waals surface area contributed by atoms with E-state index in [0.717, 1.165) is 17.8 Å². The van der Waals surface area contributed by atoms with Gasteiger partial charge in [0.1, 0.15) is 6.61 Å². The number of nitrogens with zero attached hydrogens (tertiary/aromatic N) is 1. The van der Waals surface area contributed by atoms with Gasteiger partial charge >= 0.3 is 5.97 Å². The number of carbonyl (C=O) groups is 1. The molecule has 1 rings (SSSR count). The highest BCUT2D eigenvalue weighted by Crippen LogP contribution is 1.98. The molecule has 0 radical (unpaired) electrons. The molecular formula is C13H20N2O3. The molecule has 1 heterocycles. The Labute approximate surface area is 108 Å². The summed E-state index contributed by atoms with van der Waals surface area (Å²) >= 11 is 0. The van der Waals surface area contributed by atoms with Crippen LogP contribution in [0.15, 0.2) is 18.3 Å². The zero-order chi connectivity index (χ0) is 13.2. The molecule has 1 N–H and O–H groups in total. The van der Waals surface area contributed by atoms with Crippen molar-refractivity contribution in [2.75, 3.05) is 26.4 Å². The molecular weight excluding hydrogens is 232 g/mol. The summed E-state index contributed by atoms with van der Waals surface area (Å²) in [6.45, 7) is 6.05. The van der Waals surface area contributed by atoms with Crippen molar-refractivity contribution in [3.8, 4) is 0 Å². The topological polar surface area (TPSA) is 60.5 Å². The van der Waals surface area contributed by atoms with Crippen LogP contribution in [0.25, 0.3) is 0 Å². The molecule has 0 saturated heterocycles. The lowest BCUT2D eigenvalue weighted by atomic mass is 10.2. The summed E-state index contributed by atoms with van der Waals surface area (Å²) in [6.07, 6.45) is 1.85. The lowest BCUT2D eigenvalue weighted by Crippen LogP contribution is -2.21. The Kier molecular flexibility index (Phi) is 6.98. The van der Waals surface area contributed by atoms with Gasteiger partial charge in [-0.15, -0.1) is 0 Å². The molecule has 0 fully saturated rings. The zero-order valence-electron chi connectivity index (χ0n) is 10.9. The summed E-state index contributed by atoms with van der Waals surface area (Å²) in [5, 5.41) is 3.21. The van der Waals surface area contributed by atoms with E-state index in [2.05, 4.69) is 10.3 Å². The molecule has 18 heavy (non-hydrogen) atoms. The van der Waals surface area contributed by atoms with E-state index in [1.807, 2.05) is 25.3 Å². The molecule has 0 aliphatic rings. The average Bonchev–Trinajstić information content (AvgIpc) is 2.36. The van der Waals surface area contributed by atoms with Crippen LogP contribution in [0.5, 0.6) is 0 Å². The van der Waals surface area contributed by atoms with Crippen molar-refractivity contribution in [3.63, 3.8) is 0 Å². The molecule has 0 aromatic carbocycles. The SMILES string of the molecule is CCOC(=O)COCCNCc1ccc(C)nc1. The van der Waals surface area contributed by atoms with Crippen LogP contribution in [0, 0.1) is 6.92 Å². The molecule has 0 aliphatic carbocycles. The Morgan fingerprint density at radius 1 is 1.44 bits per heavy atom. The number of rotatable bonds is 8. The molecule has 0 saturated carbocycles. The Morgan fingerprint density at radius 3 is 2.94 bits per heavy atom. The molecule has 0 unspecified atom stereocenters. The van der Waals surface area contributed by atoms with Gasteiger partial charge in [0.05, 0.1) is 13.2 Å². The van der Waals surface area contributed by atoms with Crippen molar-refractivity contribution in [3.05, 3.63) is 29.6 Å². The Morgan fingerprint density at radius 2 is 2.28 bits per heavy atom. The second kappa shape index (κ2) is 8.60. The summed E-state index contributed by atoms with van der Waals surface area (Å²) in [6, 6.07) is 4.02. The van der Waals surface area contributed by atoms with Crippen LogP contribution in [-0.4, -0.2) is 37.3 Å². The highest BCUT2D eigenvalue weighted by molar-refractivity contribution is 5.70. The van der Waals surface area contributed by atoms with E-state index < -0.39 is 0 Å². The fraction of sp³-hybridized carbons (Fsp3) is 0.538. The number of nitrogens with one attached hydrogen (secondary N) is 1. The molecule has 0 atom stereocenters. The Hall–Kier alpha value is -1.46. The maximum atomic E-state index is 11.0. The van der Waals surface area contributed by atoms with Crippen molar-refractivity contribution >= 4 is 5.97 Å². The molecule has 0 spiro atoms. The number of aryl methyl sites for hydroxylation is 1. The smallest absolute Gasteiger partial charge is 0.332 e. The van der Waals surface area contributed by atoms with Crippen molar-refractivity contribution in [2.45, 2.75) is 20.4 Å². The first-order chi connectivity index (χ1) is 8.72. The summed E-state index contributed by atoms with van der Waals surface area (Å²) in [5.74, 6) is -0.319. The predicted octanol–water partition coefficient (Wildman–Crippen LogP) is 1.06. The number of hydrogen-bond acceptors (Lipinski definition) is 5. The van der Waals surface area contributed by atoms with Gasteiger partial charge in [-0.2, -0.15) is 0 Å². The first-order valence-electron chi connectivity index (χ1n) is 6.08. The van der Waals surface area contributed by atoms with Crippen LogP contribution >= 0.6 is 0 Å². The van der Waals surface area contributed by atoms with Gasteiger partial charge in [-0.25, -0.2) is 4.79 Å². The minimum absolute atomic E-state index is 0.0155. The van der Waals surface area contributed by atoms with E-state index in [4.69, 9.17) is 9.47 Å². The third-order valence-corrected chi connectivity index (χ3v) is 2.25. The normalized spacial score (nSPS) is 10.3. The van der Waals surface area contributed by atoms with E-state index in [0.29, 0.717) is 19.8 Å². The van der Waals surface area contributed by atoms with Crippen LogP contribution in [0.3, 0.4) is 0 Å². The van der Waals surface area contributed by atoms with Gasteiger partial charge in [-0.05, 0) is 25.5 Å². The first kappa shape index (κ1) is 14.6. The molecule has 0 bridgehead atoms. The van der Waals surface area contributed by atoms with Crippen molar-refractivity contribution < 1.29 is 14.3 Å². The number of ether oxygens (including phenoxy) is 2. The zero-order valence-corrected chi connectivity index (χ0v) is 10.9. The molecule has 1 aromatic rings. The highest BCUT2D eigenvalue weighted by atomic mass is 16.6. The lowest BCUT2D eigenvalue weighted by molar-refractivity contribution is -0.148. The minimum Gasteiger partial charge on any atom is -0.464 e. The number of hydrogen-bond donors (Lipinski definition) is 1. The van der Waals surface area contributed by atoms with Crippen LogP contribution < -0.4 is 5.32 Å². The van der Waals surface area contributed by atoms with Gasteiger partial charge in [-0.1, -0.05) is 6.07 Å². The van der Waals surface area contributed by atoms with Gasteiger partial charge in [0.2, 0.25) is 0 Å². The van der Waals surface area contributed by atoms with Gasteiger partial charge in [0.25, 0.3) is 0 Å². The quantitative estimate of drug-likeness (QED) is 0.554. The van der Waals surface area contributed by atoms with Gasteiger partial charge in [0, 0.05) is 25.0 Å². The average molecular weight is 252 g/mol. The monoisotopic (exact) mass is 252 g/mol. The minimum atomic E-state index is -0.319. The molecule has 100 valence electrons. The number of aromatic nitrogens is 1. The van der Waals surface area contributed by atoms with E-state index in [1.54, 1.807) is 6.92 Å². The Bertz CT molecular complexity index is 352. The summed E-state index contributed by atoms with van der Waals surface area (Å²) in [7, 11) is 0. The molecule has 1 aromatic heterocycles. The van der Waals surface area contributed by atoms with E-state index in [-0.39, 0.29) is 12.6 Å². The molecule has 0 aliphatic heterocycles. The summed E-state index contributed by atoms with van der Waals surface area (Å²) < 4.78 is 9.89. The maximum Gasteiger partial charge on any atom is 0.332 e. The van der Waals surface area contributed by atoms with Gasteiger partial charge < -0.3 is 14.8 Å². The van der Waals surface area contributed by atoms with Crippen LogP contribution in [0.1, 0.15) is 18.2 Å². The predicted molar refractivity (Wildman–Crippen MR) is 68.1 cm³/mol. The maximum absolute atomic E-state index is 11.0. The van der Waals surface area contributed by atoms with E-state index in [9.17, 15) is 4.79 Å². The highest BCUT2D eigenvalue weighted by Gasteiger charge is 2.00.